The number of rotatable bonds is 6. The standard InChI is InChI=1S/C19H34N6O2/c1-2-20-19(23-16-6-7-17(26)22-14-16)21-8-9-24-10-12-25(13-11-24)18(27)15-4-3-5-15/h15-16H,2-14H2,1H3,(H,22,26)(H2,20,21,23). The monoisotopic (exact) mass is 378 g/mol. The lowest BCUT2D eigenvalue weighted by Crippen LogP contribution is -2.52. The number of hydrogen-bond donors (Lipinski definition) is 3. The van der Waals surface area contributed by atoms with E-state index in [1.165, 1.54) is 6.42 Å². The lowest BCUT2D eigenvalue weighted by atomic mass is 9.84. The second-order valence-electron chi connectivity index (χ2n) is 7.74. The van der Waals surface area contributed by atoms with E-state index in [0.717, 1.165) is 71.0 Å². The molecule has 1 saturated carbocycles. The number of piperazine rings is 1. The van der Waals surface area contributed by atoms with Crippen LogP contribution in [0.4, 0.5) is 0 Å². The average Bonchev–Trinajstić information content (AvgIpc) is 2.63. The van der Waals surface area contributed by atoms with Crippen LogP contribution < -0.4 is 16.0 Å². The van der Waals surface area contributed by atoms with E-state index in [-0.39, 0.29) is 11.9 Å². The summed E-state index contributed by atoms with van der Waals surface area (Å²) in [6.45, 7) is 8.72. The van der Waals surface area contributed by atoms with Gasteiger partial charge >= 0.3 is 0 Å². The molecule has 3 rings (SSSR count). The molecule has 0 aromatic rings. The van der Waals surface area contributed by atoms with Gasteiger partial charge in [0.15, 0.2) is 5.96 Å². The van der Waals surface area contributed by atoms with Crippen molar-refractivity contribution in [3.05, 3.63) is 0 Å². The average molecular weight is 379 g/mol. The summed E-state index contributed by atoms with van der Waals surface area (Å²) < 4.78 is 0. The third kappa shape index (κ3) is 5.82. The van der Waals surface area contributed by atoms with E-state index in [0.29, 0.717) is 24.8 Å². The molecule has 8 nitrogen and oxygen atoms in total. The van der Waals surface area contributed by atoms with Crippen molar-refractivity contribution in [1.29, 1.82) is 0 Å². The Bertz CT molecular complexity index is 530. The van der Waals surface area contributed by atoms with Gasteiger partial charge in [0.05, 0.1) is 6.54 Å². The van der Waals surface area contributed by atoms with Crippen molar-refractivity contribution >= 4 is 17.8 Å². The molecule has 0 aromatic carbocycles. The van der Waals surface area contributed by atoms with Crippen LogP contribution in [0.5, 0.6) is 0 Å². The lowest BCUT2D eigenvalue weighted by Gasteiger charge is -2.38. The molecule has 8 heteroatoms. The van der Waals surface area contributed by atoms with Gasteiger partial charge in [-0.3, -0.25) is 19.5 Å². The Labute approximate surface area is 162 Å². The quantitative estimate of drug-likeness (QED) is 0.439. The summed E-state index contributed by atoms with van der Waals surface area (Å²) in [7, 11) is 0. The molecule has 0 radical (unpaired) electrons. The maximum atomic E-state index is 12.3. The number of nitrogens with zero attached hydrogens (tertiary/aromatic N) is 3. The van der Waals surface area contributed by atoms with Gasteiger partial charge in [-0.15, -0.1) is 0 Å². The highest BCUT2D eigenvalue weighted by Crippen LogP contribution is 2.28. The van der Waals surface area contributed by atoms with E-state index in [9.17, 15) is 9.59 Å². The van der Waals surface area contributed by atoms with Gasteiger partial charge in [-0.2, -0.15) is 0 Å². The first-order valence-electron chi connectivity index (χ1n) is 10.5. The smallest absolute Gasteiger partial charge is 0.225 e. The number of amides is 2. The molecule has 2 heterocycles. The molecule has 1 unspecified atom stereocenters. The molecule has 0 bridgehead atoms. The zero-order valence-corrected chi connectivity index (χ0v) is 16.5. The van der Waals surface area contributed by atoms with E-state index in [1.807, 2.05) is 4.90 Å². The number of guanidine groups is 1. The zero-order valence-electron chi connectivity index (χ0n) is 16.5. The molecule has 152 valence electrons. The Morgan fingerprint density at radius 2 is 2.00 bits per heavy atom. The van der Waals surface area contributed by atoms with Gasteiger partial charge in [0.1, 0.15) is 0 Å². The van der Waals surface area contributed by atoms with Crippen molar-refractivity contribution in [2.45, 2.75) is 45.1 Å². The van der Waals surface area contributed by atoms with Crippen LogP contribution in [0.3, 0.4) is 0 Å². The first kappa shape index (κ1) is 19.9. The van der Waals surface area contributed by atoms with Crippen LogP contribution >= 0.6 is 0 Å². The highest BCUT2D eigenvalue weighted by atomic mass is 16.2. The van der Waals surface area contributed by atoms with Gasteiger partial charge in [0.25, 0.3) is 0 Å². The lowest BCUT2D eigenvalue weighted by molar-refractivity contribution is -0.139. The summed E-state index contributed by atoms with van der Waals surface area (Å²) >= 11 is 0. The number of hydrogen-bond acceptors (Lipinski definition) is 4. The fourth-order valence-electron chi connectivity index (χ4n) is 3.78. The van der Waals surface area contributed by atoms with Gasteiger partial charge in [0, 0.05) is 64.2 Å². The molecule has 3 N–H and O–H groups in total. The Balaban J connectivity index is 1.37. The summed E-state index contributed by atoms with van der Waals surface area (Å²) in [6, 6.07) is 0.238. The summed E-state index contributed by atoms with van der Waals surface area (Å²) in [5.41, 5.74) is 0. The van der Waals surface area contributed by atoms with Crippen LogP contribution in [0, 0.1) is 5.92 Å². The van der Waals surface area contributed by atoms with Crippen LogP contribution in [0.1, 0.15) is 39.0 Å². The van der Waals surface area contributed by atoms with E-state index in [4.69, 9.17) is 0 Å². The number of nitrogens with one attached hydrogen (secondary N) is 3. The van der Waals surface area contributed by atoms with Crippen molar-refractivity contribution in [2.24, 2.45) is 10.9 Å². The molecule has 27 heavy (non-hydrogen) atoms. The highest BCUT2D eigenvalue weighted by molar-refractivity contribution is 5.81. The molecule has 1 aliphatic carbocycles. The Kier molecular flexibility index (Phi) is 7.32. The molecular weight excluding hydrogens is 344 g/mol. The van der Waals surface area contributed by atoms with E-state index >= 15 is 0 Å². The number of carbonyl (C=O) groups is 2. The molecule has 3 fully saturated rings. The Morgan fingerprint density at radius 1 is 1.22 bits per heavy atom. The minimum absolute atomic E-state index is 0.130. The van der Waals surface area contributed by atoms with Crippen LogP contribution in [-0.4, -0.2) is 86.0 Å². The van der Waals surface area contributed by atoms with Crippen LogP contribution in [0.25, 0.3) is 0 Å². The normalized spacial score (nSPS) is 24.9. The van der Waals surface area contributed by atoms with E-state index < -0.39 is 0 Å². The van der Waals surface area contributed by atoms with Crippen molar-refractivity contribution in [3.8, 4) is 0 Å². The molecule has 1 atom stereocenters. The van der Waals surface area contributed by atoms with Crippen molar-refractivity contribution in [3.63, 3.8) is 0 Å². The molecule has 0 aromatic heterocycles. The van der Waals surface area contributed by atoms with Crippen LogP contribution in [0.2, 0.25) is 0 Å². The van der Waals surface area contributed by atoms with Gasteiger partial charge < -0.3 is 20.9 Å². The Morgan fingerprint density at radius 3 is 2.59 bits per heavy atom. The third-order valence-corrected chi connectivity index (χ3v) is 5.78. The van der Waals surface area contributed by atoms with Crippen LogP contribution in [-0.2, 0) is 9.59 Å². The summed E-state index contributed by atoms with van der Waals surface area (Å²) in [5.74, 6) is 1.62. The summed E-state index contributed by atoms with van der Waals surface area (Å²) in [6.07, 6.45) is 4.79. The summed E-state index contributed by atoms with van der Waals surface area (Å²) in [5, 5.41) is 9.59. The third-order valence-electron chi connectivity index (χ3n) is 5.78. The molecular formula is C19H34N6O2. The predicted molar refractivity (Wildman–Crippen MR) is 106 cm³/mol. The zero-order chi connectivity index (χ0) is 19.1. The van der Waals surface area contributed by atoms with Gasteiger partial charge in [-0.05, 0) is 26.2 Å². The van der Waals surface area contributed by atoms with Gasteiger partial charge in [-0.25, -0.2) is 0 Å². The Hall–Kier alpha value is -1.83. The summed E-state index contributed by atoms with van der Waals surface area (Å²) in [4.78, 5) is 32.7. The van der Waals surface area contributed by atoms with Gasteiger partial charge in [-0.1, -0.05) is 6.42 Å². The SMILES string of the molecule is CCNC(=NCCN1CCN(C(=O)C2CCC2)CC1)NC1CCC(=O)NC1. The number of aliphatic imine (C=N–C) groups is 1. The number of piperidine rings is 1. The largest absolute Gasteiger partial charge is 0.357 e. The van der Waals surface area contributed by atoms with Crippen molar-refractivity contribution in [2.75, 3.05) is 52.4 Å². The molecule has 0 spiro atoms. The highest BCUT2D eigenvalue weighted by Gasteiger charge is 2.31. The topological polar surface area (TPSA) is 89.1 Å². The minimum Gasteiger partial charge on any atom is -0.357 e. The van der Waals surface area contributed by atoms with Crippen molar-refractivity contribution in [1.82, 2.24) is 25.8 Å². The molecule has 2 aliphatic heterocycles. The first-order valence-corrected chi connectivity index (χ1v) is 10.5. The fourth-order valence-corrected chi connectivity index (χ4v) is 3.78. The fraction of sp³-hybridized carbons (Fsp3) is 0.842. The van der Waals surface area contributed by atoms with Crippen molar-refractivity contribution < 1.29 is 9.59 Å². The second-order valence-corrected chi connectivity index (χ2v) is 7.74. The molecule has 2 saturated heterocycles. The van der Waals surface area contributed by atoms with Crippen LogP contribution in [0.15, 0.2) is 4.99 Å². The molecule has 3 aliphatic rings. The first-order chi connectivity index (χ1) is 13.2. The maximum Gasteiger partial charge on any atom is 0.225 e. The minimum atomic E-state index is 0.130. The maximum absolute atomic E-state index is 12.3. The molecule has 2 amide bonds. The van der Waals surface area contributed by atoms with E-state index in [2.05, 4.69) is 32.8 Å². The second kappa shape index (κ2) is 9.92. The predicted octanol–water partition coefficient (Wildman–Crippen LogP) is -0.236. The van der Waals surface area contributed by atoms with E-state index in [1.54, 1.807) is 0 Å². The van der Waals surface area contributed by atoms with Gasteiger partial charge in [0.2, 0.25) is 11.8 Å². The number of carbonyl (C=O) groups excluding carboxylic acids is 2.